The number of carboxylic acid groups (broad SMARTS) is 1. The second kappa shape index (κ2) is 8.44. The van der Waals surface area contributed by atoms with Gasteiger partial charge in [-0.05, 0) is 32.6 Å². The number of hydrogen-bond donors (Lipinski definition) is 2. The molecule has 1 aliphatic rings. The normalized spacial score (nSPS) is 20.3. The van der Waals surface area contributed by atoms with Gasteiger partial charge in [0.25, 0.3) is 0 Å². The zero-order valence-electron chi connectivity index (χ0n) is 12.7. The minimum Gasteiger partial charge on any atom is -0.480 e. The summed E-state index contributed by atoms with van der Waals surface area (Å²) in [5.41, 5.74) is 0. The molecule has 0 aromatic rings. The molecule has 1 aliphatic heterocycles. The van der Waals surface area contributed by atoms with Crippen LogP contribution in [0.25, 0.3) is 0 Å². The molecule has 118 valence electrons. The minimum absolute atomic E-state index is 0.0600. The number of rotatable bonds is 6. The van der Waals surface area contributed by atoms with Crippen molar-refractivity contribution in [3.05, 3.63) is 12.2 Å². The molecule has 0 aromatic heterocycles. The molecule has 0 bridgehead atoms. The summed E-state index contributed by atoms with van der Waals surface area (Å²) in [6, 6.07) is -1.49. The first-order chi connectivity index (χ1) is 10.0. The highest BCUT2D eigenvalue weighted by Crippen LogP contribution is 2.18. The van der Waals surface area contributed by atoms with Crippen molar-refractivity contribution in [1.29, 1.82) is 0 Å². The summed E-state index contributed by atoms with van der Waals surface area (Å²) in [7, 11) is 0. The second-order valence-corrected chi connectivity index (χ2v) is 5.16. The molecule has 0 aliphatic carbocycles. The maximum absolute atomic E-state index is 12.3. The van der Waals surface area contributed by atoms with E-state index >= 15 is 0 Å². The van der Waals surface area contributed by atoms with Gasteiger partial charge in [0.2, 0.25) is 11.8 Å². The Kier molecular flexibility index (Phi) is 6.91. The van der Waals surface area contributed by atoms with Gasteiger partial charge in [-0.3, -0.25) is 9.59 Å². The Hall–Kier alpha value is -1.85. The van der Waals surface area contributed by atoms with Crippen LogP contribution in [0.2, 0.25) is 0 Å². The fourth-order valence-corrected chi connectivity index (χ4v) is 2.47. The van der Waals surface area contributed by atoms with E-state index in [2.05, 4.69) is 5.32 Å². The van der Waals surface area contributed by atoms with Crippen molar-refractivity contribution in [2.24, 2.45) is 0 Å². The molecule has 1 heterocycles. The van der Waals surface area contributed by atoms with Crippen LogP contribution in [-0.2, 0) is 14.4 Å². The molecule has 2 N–H and O–H groups in total. The third-order valence-electron chi connectivity index (χ3n) is 3.65. The first-order valence-corrected chi connectivity index (χ1v) is 7.45. The van der Waals surface area contributed by atoms with E-state index < -0.39 is 18.1 Å². The highest BCUT2D eigenvalue weighted by molar-refractivity contribution is 5.90. The quantitative estimate of drug-likeness (QED) is 0.724. The molecule has 6 nitrogen and oxygen atoms in total. The Morgan fingerprint density at radius 3 is 2.67 bits per heavy atom. The van der Waals surface area contributed by atoms with Crippen molar-refractivity contribution in [1.82, 2.24) is 10.2 Å². The van der Waals surface area contributed by atoms with E-state index in [-0.39, 0.29) is 18.2 Å². The van der Waals surface area contributed by atoms with Gasteiger partial charge in [0.15, 0.2) is 0 Å². The summed E-state index contributed by atoms with van der Waals surface area (Å²) in [6.45, 7) is 4.12. The van der Waals surface area contributed by atoms with Crippen LogP contribution in [0.15, 0.2) is 12.2 Å². The Morgan fingerprint density at radius 1 is 1.38 bits per heavy atom. The molecule has 0 saturated carbocycles. The van der Waals surface area contributed by atoms with Gasteiger partial charge in [0, 0.05) is 13.0 Å². The smallest absolute Gasteiger partial charge is 0.326 e. The predicted octanol–water partition coefficient (Wildman–Crippen LogP) is 1.31. The van der Waals surface area contributed by atoms with E-state index in [1.165, 1.54) is 0 Å². The minimum atomic E-state index is -1.06. The lowest BCUT2D eigenvalue weighted by molar-refractivity contribution is -0.145. The lowest BCUT2D eigenvalue weighted by Crippen LogP contribution is -2.54. The third kappa shape index (κ3) is 4.88. The van der Waals surface area contributed by atoms with Crippen LogP contribution >= 0.6 is 0 Å². The number of aliphatic carboxylic acids is 1. The standard InChI is InChI=1S/C15H24N2O4/c1-3-5-8-11(15(20)21)16-14(19)12-9-6-7-10-17(12)13(18)4-2/h3,5,11-12H,4,6-10H2,1-2H3,(H,16,19)(H,20,21)/b5-3+. The summed E-state index contributed by atoms with van der Waals surface area (Å²) < 4.78 is 0. The molecule has 2 atom stereocenters. The number of nitrogens with one attached hydrogen (secondary N) is 1. The van der Waals surface area contributed by atoms with Gasteiger partial charge in [-0.1, -0.05) is 19.1 Å². The molecular weight excluding hydrogens is 272 g/mol. The summed E-state index contributed by atoms with van der Waals surface area (Å²) in [4.78, 5) is 36.9. The molecular formula is C15H24N2O4. The highest BCUT2D eigenvalue weighted by Gasteiger charge is 2.33. The molecule has 21 heavy (non-hydrogen) atoms. The van der Waals surface area contributed by atoms with Gasteiger partial charge in [-0.15, -0.1) is 0 Å². The van der Waals surface area contributed by atoms with E-state index in [0.29, 0.717) is 19.4 Å². The van der Waals surface area contributed by atoms with Gasteiger partial charge in [0.05, 0.1) is 0 Å². The Labute approximate surface area is 125 Å². The molecule has 0 radical (unpaired) electrons. The molecule has 1 fully saturated rings. The van der Waals surface area contributed by atoms with Crippen LogP contribution in [0.3, 0.4) is 0 Å². The van der Waals surface area contributed by atoms with Crippen LogP contribution in [0.1, 0.15) is 46.0 Å². The van der Waals surface area contributed by atoms with Gasteiger partial charge in [-0.2, -0.15) is 0 Å². The maximum Gasteiger partial charge on any atom is 0.326 e. The monoisotopic (exact) mass is 296 g/mol. The molecule has 6 heteroatoms. The molecule has 2 unspecified atom stereocenters. The van der Waals surface area contributed by atoms with Crippen LogP contribution in [0.5, 0.6) is 0 Å². The van der Waals surface area contributed by atoms with Gasteiger partial charge in [-0.25, -0.2) is 4.79 Å². The number of piperidine rings is 1. The van der Waals surface area contributed by atoms with Crippen LogP contribution in [0, 0.1) is 0 Å². The number of nitrogens with zero attached hydrogens (tertiary/aromatic N) is 1. The Balaban J connectivity index is 2.74. The van der Waals surface area contributed by atoms with E-state index in [9.17, 15) is 14.4 Å². The SMILES string of the molecule is C/C=C/CC(NC(=O)C1CCCCN1C(=O)CC)C(=O)O. The Morgan fingerprint density at radius 2 is 2.10 bits per heavy atom. The van der Waals surface area contributed by atoms with Gasteiger partial charge in [0.1, 0.15) is 12.1 Å². The molecule has 1 saturated heterocycles. The van der Waals surface area contributed by atoms with Crippen molar-refractivity contribution in [2.45, 2.75) is 58.0 Å². The van der Waals surface area contributed by atoms with Crippen molar-refractivity contribution >= 4 is 17.8 Å². The topological polar surface area (TPSA) is 86.7 Å². The van der Waals surface area contributed by atoms with Crippen LogP contribution in [-0.4, -0.2) is 46.4 Å². The summed E-state index contributed by atoms with van der Waals surface area (Å²) in [5.74, 6) is -1.49. The average Bonchev–Trinajstić information content (AvgIpc) is 2.50. The number of carboxylic acids is 1. The Bertz CT molecular complexity index is 420. The average molecular weight is 296 g/mol. The van der Waals surface area contributed by atoms with Crippen molar-refractivity contribution in [2.75, 3.05) is 6.54 Å². The summed E-state index contributed by atoms with van der Waals surface area (Å²) in [5, 5.41) is 11.7. The largest absolute Gasteiger partial charge is 0.480 e. The highest BCUT2D eigenvalue weighted by atomic mass is 16.4. The lowest BCUT2D eigenvalue weighted by Gasteiger charge is -2.35. The van der Waals surface area contributed by atoms with E-state index in [1.54, 1.807) is 30.9 Å². The van der Waals surface area contributed by atoms with Crippen molar-refractivity contribution < 1.29 is 19.5 Å². The number of amides is 2. The zero-order chi connectivity index (χ0) is 15.8. The third-order valence-corrected chi connectivity index (χ3v) is 3.65. The molecule has 0 aromatic carbocycles. The van der Waals surface area contributed by atoms with Gasteiger partial charge >= 0.3 is 5.97 Å². The lowest BCUT2D eigenvalue weighted by atomic mass is 10.00. The van der Waals surface area contributed by atoms with Crippen LogP contribution in [0.4, 0.5) is 0 Å². The fraction of sp³-hybridized carbons (Fsp3) is 0.667. The van der Waals surface area contributed by atoms with Crippen molar-refractivity contribution in [3.63, 3.8) is 0 Å². The number of carbonyl (C=O) groups is 3. The van der Waals surface area contributed by atoms with E-state index in [4.69, 9.17) is 5.11 Å². The van der Waals surface area contributed by atoms with Gasteiger partial charge < -0.3 is 15.3 Å². The second-order valence-electron chi connectivity index (χ2n) is 5.16. The predicted molar refractivity (Wildman–Crippen MR) is 78.6 cm³/mol. The number of likely N-dealkylation sites (tertiary alicyclic amines) is 1. The van der Waals surface area contributed by atoms with Crippen molar-refractivity contribution in [3.8, 4) is 0 Å². The molecule has 2 amide bonds. The first-order valence-electron chi connectivity index (χ1n) is 7.45. The fourth-order valence-electron chi connectivity index (χ4n) is 2.47. The maximum atomic E-state index is 12.3. The number of carbonyl (C=O) groups excluding carboxylic acids is 2. The first kappa shape index (κ1) is 17.2. The number of allylic oxidation sites excluding steroid dienone is 1. The zero-order valence-corrected chi connectivity index (χ0v) is 12.7. The summed E-state index contributed by atoms with van der Waals surface area (Å²) >= 11 is 0. The molecule has 1 rings (SSSR count). The number of hydrogen-bond acceptors (Lipinski definition) is 3. The van der Waals surface area contributed by atoms with E-state index in [1.807, 2.05) is 0 Å². The van der Waals surface area contributed by atoms with Crippen LogP contribution < -0.4 is 5.32 Å². The van der Waals surface area contributed by atoms with E-state index in [0.717, 1.165) is 12.8 Å². The molecule has 0 spiro atoms. The summed E-state index contributed by atoms with van der Waals surface area (Å²) in [6.07, 6.45) is 6.39.